The molecular formula is C35H32BrCl2N3O4. The zero-order chi connectivity index (χ0) is 32.2. The first kappa shape index (κ1) is 32.5. The van der Waals surface area contributed by atoms with E-state index in [0.29, 0.717) is 54.9 Å². The average Bonchev–Trinajstić information content (AvgIpc) is 3.03. The molecule has 45 heavy (non-hydrogen) atoms. The van der Waals surface area contributed by atoms with Crippen molar-refractivity contribution >= 4 is 56.2 Å². The molecule has 0 spiro atoms. The van der Waals surface area contributed by atoms with E-state index in [1.165, 1.54) is 4.68 Å². The lowest BCUT2D eigenvalue weighted by molar-refractivity contribution is 0.269. The van der Waals surface area contributed by atoms with E-state index in [1.807, 2.05) is 56.3 Å². The predicted octanol–water partition coefficient (Wildman–Crippen LogP) is 9.43. The van der Waals surface area contributed by atoms with Gasteiger partial charge in [-0.05, 0) is 83.2 Å². The third kappa shape index (κ3) is 6.73. The molecule has 0 N–H and O–H groups in total. The number of hydrogen-bond acceptors (Lipinski definition) is 6. The molecule has 10 heteroatoms. The quantitative estimate of drug-likeness (QED) is 0.135. The Bertz CT molecular complexity index is 1970. The topological polar surface area (TPSA) is 74.9 Å². The molecule has 4 aromatic carbocycles. The van der Waals surface area contributed by atoms with Crippen molar-refractivity contribution in [2.75, 3.05) is 13.7 Å². The van der Waals surface area contributed by atoms with Crippen molar-refractivity contribution in [1.82, 2.24) is 9.66 Å². The van der Waals surface area contributed by atoms with Crippen molar-refractivity contribution in [2.24, 2.45) is 5.10 Å². The number of aromatic nitrogens is 2. The molecule has 7 nitrogen and oxygen atoms in total. The summed E-state index contributed by atoms with van der Waals surface area (Å²) in [6.07, 6.45) is 1.56. The van der Waals surface area contributed by atoms with Crippen molar-refractivity contribution in [3.05, 3.63) is 114 Å². The maximum atomic E-state index is 13.9. The van der Waals surface area contributed by atoms with Gasteiger partial charge < -0.3 is 14.2 Å². The molecule has 0 saturated carbocycles. The van der Waals surface area contributed by atoms with Crippen LogP contribution in [0.25, 0.3) is 22.3 Å². The highest BCUT2D eigenvalue weighted by molar-refractivity contribution is 9.10. The smallest absolute Gasteiger partial charge is 0.282 e. The van der Waals surface area contributed by atoms with Crippen molar-refractivity contribution < 1.29 is 14.2 Å². The van der Waals surface area contributed by atoms with Crippen LogP contribution in [0.2, 0.25) is 10.0 Å². The highest BCUT2D eigenvalue weighted by Gasteiger charge is 2.20. The van der Waals surface area contributed by atoms with Gasteiger partial charge in [-0.3, -0.25) is 4.79 Å². The SMILES string of the molecule is CCOc1cc(C=Nn2c(-c3cc(C(C)C)c(OC)cc3C)nc3ccccc3c2=O)c(Br)c(Cl)c1OCc1ccccc1Cl. The lowest BCUT2D eigenvalue weighted by Gasteiger charge is -2.18. The number of rotatable bonds is 10. The second-order valence-electron chi connectivity index (χ2n) is 10.6. The Morgan fingerprint density at radius 1 is 1.02 bits per heavy atom. The van der Waals surface area contributed by atoms with Crippen molar-refractivity contribution in [3.63, 3.8) is 0 Å². The maximum absolute atomic E-state index is 13.9. The van der Waals surface area contributed by atoms with E-state index in [0.717, 1.165) is 28.0 Å². The van der Waals surface area contributed by atoms with Crippen molar-refractivity contribution in [2.45, 2.75) is 40.2 Å². The minimum Gasteiger partial charge on any atom is -0.496 e. The molecule has 0 unspecified atom stereocenters. The molecule has 1 heterocycles. The van der Waals surface area contributed by atoms with Gasteiger partial charge in [0, 0.05) is 26.2 Å². The number of methoxy groups -OCH3 is 1. The van der Waals surface area contributed by atoms with Crippen LogP contribution in [0.3, 0.4) is 0 Å². The molecule has 0 saturated heterocycles. The number of aryl methyl sites for hydroxylation is 1. The van der Waals surface area contributed by atoms with Gasteiger partial charge in [-0.2, -0.15) is 9.78 Å². The zero-order valence-electron chi connectivity index (χ0n) is 25.5. The van der Waals surface area contributed by atoms with Crippen LogP contribution < -0.4 is 19.8 Å². The highest BCUT2D eigenvalue weighted by Crippen LogP contribution is 2.43. The monoisotopic (exact) mass is 707 g/mol. The van der Waals surface area contributed by atoms with Gasteiger partial charge in [-0.15, -0.1) is 0 Å². The van der Waals surface area contributed by atoms with Gasteiger partial charge in [0.25, 0.3) is 5.56 Å². The van der Waals surface area contributed by atoms with E-state index in [4.69, 9.17) is 42.4 Å². The summed E-state index contributed by atoms with van der Waals surface area (Å²) in [7, 11) is 1.65. The van der Waals surface area contributed by atoms with Crippen LogP contribution in [0.1, 0.15) is 48.9 Å². The Balaban J connectivity index is 1.64. The summed E-state index contributed by atoms with van der Waals surface area (Å²) in [6, 6.07) is 20.4. The van der Waals surface area contributed by atoms with Crippen LogP contribution in [0, 0.1) is 6.92 Å². The molecule has 0 atom stereocenters. The third-order valence-corrected chi connectivity index (χ3v) is 9.10. The Morgan fingerprint density at radius 2 is 1.76 bits per heavy atom. The number of benzene rings is 4. The van der Waals surface area contributed by atoms with Gasteiger partial charge in [-0.25, -0.2) is 4.98 Å². The first-order valence-electron chi connectivity index (χ1n) is 14.4. The van der Waals surface area contributed by atoms with Crippen LogP contribution in [-0.4, -0.2) is 29.6 Å². The van der Waals surface area contributed by atoms with Gasteiger partial charge in [0.2, 0.25) is 0 Å². The second-order valence-corrected chi connectivity index (χ2v) is 12.2. The zero-order valence-corrected chi connectivity index (χ0v) is 28.6. The summed E-state index contributed by atoms with van der Waals surface area (Å²) < 4.78 is 19.5. The third-order valence-electron chi connectivity index (χ3n) is 7.29. The minimum atomic E-state index is -0.305. The number of fused-ring (bicyclic) bond motifs is 1. The Kier molecular flexibility index (Phi) is 10.2. The molecule has 0 bridgehead atoms. The van der Waals surface area contributed by atoms with E-state index >= 15 is 0 Å². The summed E-state index contributed by atoms with van der Waals surface area (Å²) >= 11 is 16.8. The van der Waals surface area contributed by atoms with Gasteiger partial charge in [0.05, 0.1) is 30.8 Å². The van der Waals surface area contributed by atoms with Crippen LogP contribution in [0.5, 0.6) is 17.2 Å². The van der Waals surface area contributed by atoms with Gasteiger partial charge in [0.15, 0.2) is 17.3 Å². The molecule has 0 amide bonds. The van der Waals surface area contributed by atoms with Crippen LogP contribution >= 0.6 is 39.1 Å². The van der Waals surface area contributed by atoms with Gasteiger partial charge in [0.1, 0.15) is 17.4 Å². The molecule has 0 radical (unpaired) electrons. The Morgan fingerprint density at radius 3 is 2.47 bits per heavy atom. The van der Waals surface area contributed by atoms with Gasteiger partial charge in [-0.1, -0.05) is 67.4 Å². The molecule has 0 fully saturated rings. The number of nitrogens with zero attached hydrogens (tertiary/aromatic N) is 3. The number of hydrogen-bond donors (Lipinski definition) is 0. The highest BCUT2D eigenvalue weighted by atomic mass is 79.9. The maximum Gasteiger partial charge on any atom is 0.282 e. The molecule has 0 aliphatic rings. The number of ether oxygens (including phenoxy) is 3. The normalized spacial score (nSPS) is 11.5. The largest absolute Gasteiger partial charge is 0.496 e. The fraction of sp³-hybridized carbons (Fsp3) is 0.229. The summed E-state index contributed by atoms with van der Waals surface area (Å²) in [5.74, 6) is 2.16. The fourth-order valence-electron chi connectivity index (χ4n) is 4.95. The van der Waals surface area contributed by atoms with Gasteiger partial charge >= 0.3 is 0 Å². The summed E-state index contributed by atoms with van der Waals surface area (Å²) in [5, 5.41) is 6.02. The lowest BCUT2D eigenvalue weighted by atomic mass is 9.96. The first-order chi connectivity index (χ1) is 21.6. The molecule has 1 aromatic heterocycles. The van der Waals surface area contributed by atoms with E-state index in [2.05, 4.69) is 34.9 Å². The van der Waals surface area contributed by atoms with E-state index in [-0.39, 0.29) is 18.1 Å². The standard InChI is InChI=1S/C35H32BrCl2N3O4/c1-6-44-30-16-23(31(36)32(38)33(30)45-19-22-11-7-9-13-27(22)37)18-39-41-34(40-28-14-10-8-12-24(28)35(41)42)26-17-25(20(2)3)29(43-5)15-21(26)4/h7-18,20H,6,19H2,1-5H3. The first-order valence-corrected chi connectivity index (χ1v) is 16.0. The van der Waals surface area contributed by atoms with Crippen molar-refractivity contribution in [1.29, 1.82) is 0 Å². The van der Waals surface area contributed by atoms with Crippen LogP contribution in [0.15, 0.2) is 81.1 Å². The Labute approximate surface area is 280 Å². The average molecular weight is 709 g/mol. The molecule has 5 rings (SSSR count). The molecule has 232 valence electrons. The minimum absolute atomic E-state index is 0.178. The lowest BCUT2D eigenvalue weighted by Crippen LogP contribution is -2.21. The number of para-hydroxylation sites is 1. The van der Waals surface area contributed by atoms with Crippen molar-refractivity contribution in [3.8, 4) is 28.6 Å². The summed E-state index contributed by atoms with van der Waals surface area (Å²) in [4.78, 5) is 18.8. The molecule has 0 aliphatic heterocycles. The number of halogens is 3. The van der Waals surface area contributed by atoms with E-state index < -0.39 is 0 Å². The predicted molar refractivity (Wildman–Crippen MR) is 186 cm³/mol. The second kappa shape index (κ2) is 14.1. The van der Waals surface area contributed by atoms with E-state index in [9.17, 15) is 4.79 Å². The summed E-state index contributed by atoms with van der Waals surface area (Å²) in [6.45, 7) is 8.59. The van der Waals surface area contributed by atoms with Crippen LogP contribution in [-0.2, 0) is 6.61 Å². The molecular weight excluding hydrogens is 677 g/mol. The molecule has 0 aliphatic carbocycles. The molecule has 5 aromatic rings. The van der Waals surface area contributed by atoms with E-state index in [1.54, 1.807) is 37.6 Å². The fourth-order valence-corrected chi connectivity index (χ4v) is 5.80. The van der Waals surface area contributed by atoms with Crippen LogP contribution in [0.4, 0.5) is 0 Å². The summed E-state index contributed by atoms with van der Waals surface area (Å²) in [5.41, 5.74) is 4.33. The Hall–Kier alpha value is -3.85.